The lowest BCUT2D eigenvalue weighted by atomic mass is 10.2. The molecule has 0 aliphatic carbocycles. The molecular formula is C12H13ClN4O. The van der Waals surface area contributed by atoms with Crippen molar-refractivity contribution < 1.29 is 4.74 Å². The second kappa shape index (κ2) is 5.18. The number of methoxy groups -OCH3 is 1. The molecule has 94 valence electrons. The number of imidazole rings is 1. The third-order valence-corrected chi connectivity index (χ3v) is 2.93. The van der Waals surface area contributed by atoms with E-state index in [2.05, 4.69) is 10.1 Å². The van der Waals surface area contributed by atoms with Crippen molar-refractivity contribution in [1.29, 1.82) is 5.53 Å². The maximum atomic E-state index is 6.93. The van der Waals surface area contributed by atoms with Crippen LogP contribution in [0.15, 0.2) is 35.8 Å². The highest BCUT2D eigenvalue weighted by Crippen LogP contribution is 2.30. The van der Waals surface area contributed by atoms with Gasteiger partial charge in [0.05, 0.1) is 24.8 Å². The van der Waals surface area contributed by atoms with Crippen LogP contribution in [0, 0.1) is 12.5 Å². The van der Waals surface area contributed by atoms with Gasteiger partial charge in [0.25, 0.3) is 0 Å². The summed E-state index contributed by atoms with van der Waals surface area (Å²) in [6.07, 6.45) is 3.63. The summed E-state index contributed by atoms with van der Waals surface area (Å²) in [5, 5.41) is 3.28. The van der Waals surface area contributed by atoms with Crippen molar-refractivity contribution in [2.24, 2.45) is 5.11 Å². The molecule has 2 rings (SSSR count). The molecule has 0 saturated carbocycles. The van der Waals surface area contributed by atoms with Gasteiger partial charge in [0.2, 0.25) is 0 Å². The van der Waals surface area contributed by atoms with Crippen molar-refractivity contribution in [3.8, 4) is 11.4 Å². The summed E-state index contributed by atoms with van der Waals surface area (Å²) in [5.41, 5.74) is 8.77. The largest absolute Gasteiger partial charge is 0.495 e. The van der Waals surface area contributed by atoms with Crippen LogP contribution in [0.5, 0.6) is 5.75 Å². The lowest BCUT2D eigenvalue weighted by molar-refractivity contribution is 0.412. The van der Waals surface area contributed by atoms with E-state index in [-0.39, 0.29) is 0 Å². The summed E-state index contributed by atoms with van der Waals surface area (Å²) in [6.45, 7) is 1.92. The van der Waals surface area contributed by atoms with Gasteiger partial charge < -0.3 is 9.30 Å². The van der Waals surface area contributed by atoms with Gasteiger partial charge in [-0.25, -0.2) is 10.5 Å². The van der Waals surface area contributed by atoms with E-state index < -0.39 is 5.50 Å². The molecule has 0 fully saturated rings. The van der Waals surface area contributed by atoms with Gasteiger partial charge in [-0.05, 0) is 24.6 Å². The van der Waals surface area contributed by atoms with E-state index in [1.54, 1.807) is 19.5 Å². The molecule has 0 radical (unpaired) electrons. The summed E-state index contributed by atoms with van der Waals surface area (Å²) in [7, 11) is 1.59. The van der Waals surface area contributed by atoms with Crippen LogP contribution in [-0.2, 0) is 0 Å². The number of aromatic nitrogens is 2. The van der Waals surface area contributed by atoms with Crippen molar-refractivity contribution in [2.75, 3.05) is 7.11 Å². The number of ether oxygens (including phenoxy) is 1. The Morgan fingerprint density at radius 3 is 2.83 bits per heavy atom. The van der Waals surface area contributed by atoms with Crippen LogP contribution in [0.25, 0.3) is 5.69 Å². The molecule has 0 saturated heterocycles. The monoisotopic (exact) mass is 264 g/mol. The van der Waals surface area contributed by atoms with Gasteiger partial charge in [-0.15, -0.1) is 0 Å². The summed E-state index contributed by atoms with van der Waals surface area (Å²) in [4.78, 5) is 4.17. The minimum absolute atomic E-state index is 0.666. The first kappa shape index (κ1) is 12.6. The highest BCUT2D eigenvalue weighted by atomic mass is 35.5. The Bertz CT molecular complexity index is 567. The topological polar surface area (TPSA) is 63.3 Å². The fourth-order valence-electron chi connectivity index (χ4n) is 1.68. The maximum absolute atomic E-state index is 6.93. The number of halogens is 1. The van der Waals surface area contributed by atoms with Gasteiger partial charge in [0, 0.05) is 6.20 Å². The SMILES string of the molecule is COc1cc(C(Cl)N=N)ccc1-n1cnc(C)c1. The normalized spacial score (nSPS) is 12.2. The molecule has 0 aliphatic heterocycles. The number of nitrogens with zero attached hydrogens (tertiary/aromatic N) is 3. The summed E-state index contributed by atoms with van der Waals surface area (Å²) >= 11 is 5.89. The fourth-order valence-corrected chi connectivity index (χ4v) is 1.82. The molecule has 0 amide bonds. The van der Waals surface area contributed by atoms with Gasteiger partial charge in [-0.1, -0.05) is 17.7 Å². The molecule has 1 heterocycles. The van der Waals surface area contributed by atoms with Crippen LogP contribution in [0.2, 0.25) is 0 Å². The molecule has 18 heavy (non-hydrogen) atoms. The van der Waals surface area contributed by atoms with Crippen LogP contribution in [0.4, 0.5) is 0 Å². The number of rotatable bonds is 4. The van der Waals surface area contributed by atoms with Gasteiger partial charge in [-0.3, -0.25) is 0 Å². The van der Waals surface area contributed by atoms with E-state index in [9.17, 15) is 0 Å². The molecule has 1 aromatic heterocycles. The van der Waals surface area contributed by atoms with Crippen molar-refractivity contribution in [3.63, 3.8) is 0 Å². The molecule has 0 aliphatic rings. The highest BCUT2D eigenvalue weighted by molar-refractivity contribution is 6.20. The second-order valence-corrected chi connectivity index (χ2v) is 4.23. The van der Waals surface area contributed by atoms with Crippen molar-refractivity contribution in [3.05, 3.63) is 42.0 Å². The predicted octanol–water partition coefficient (Wildman–Crippen LogP) is 3.46. The first-order valence-electron chi connectivity index (χ1n) is 5.35. The summed E-state index contributed by atoms with van der Waals surface area (Å²) in [5.74, 6) is 0.666. The van der Waals surface area contributed by atoms with E-state index in [1.807, 2.05) is 29.8 Å². The van der Waals surface area contributed by atoms with E-state index >= 15 is 0 Å². The number of alkyl halides is 1. The molecule has 1 unspecified atom stereocenters. The Labute approximate surface area is 110 Å². The minimum atomic E-state index is -0.683. The van der Waals surface area contributed by atoms with Crippen LogP contribution < -0.4 is 4.74 Å². The Balaban J connectivity index is 2.46. The molecule has 1 N–H and O–H groups in total. The fraction of sp³-hybridized carbons (Fsp3) is 0.250. The molecule has 1 atom stereocenters. The Morgan fingerprint density at radius 1 is 1.50 bits per heavy atom. The van der Waals surface area contributed by atoms with Crippen LogP contribution >= 0.6 is 11.6 Å². The quantitative estimate of drug-likeness (QED) is 0.522. The first-order chi connectivity index (χ1) is 8.65. The summed E-state index contributed by atoms with van der Waals surface area (Å²) < 4.78 is 7.21. The predicted molar refractivity (Wildman–Crippen MR) is 68.6 cm³/mol. The average molecular weight is 265 g/mol. The van der Waals surface area contributed by atoms with E-state index in [0.29, 0.717) is 5.75 Å². The maximum Gasteiger partial charge on any atom is 0.169 e. The zero-order chi connectivity index (χ0) is 13.1. The van der Waals surface area contributed by atoms with E-state index in [1.165, 1.54) is 0 Å². The highest BCUT2D eigenvalue weighted by Gasteiger charge is 2.11. The lowest BCUT2D eigenvalue weighted by Crippen LogP contribution is -1.97. The van der Waals surface area contributed by atoms with Crippen molar-refractivity contribution in [2.45, 2.75) is 12.4 Å². The molecule has 2 aromatic rings. The standard InChI is InChI=1S/C12H13ClN4O/c1-8-6-17(7-15-8)10-4-3-9(12(13)16-14)5-11(10)18-2/h3-7,12,14H,1-2H3. The van der Waals surface area contributed by atoms with Crippen LogP contribution in [-0.4, -0.2) is 16.7 Å². The van der Waals surface area contributed by atoms with Crippen LogP contribution in [0.1, 0.15) is 16.8 Å². The minimum Gasteiger partial charge on any atom is -0.495 e. The smallest absolute Gasteiger partial charge is 0.169 e. The van der Waals surface area contributed by atoms with E-state index in [4.69, 9.17) is 21.9 Å². The average Bonchev–Trinajstić information content (AvgIpc) is 2.83. The molecule has 1 aromatic carbocycles. The van der Waals surface area contributed by atoms with E-state index in [0.717, 1.165) is 16.9 Å². The van der Waals surface area contributed by atoms with Crippen molar-refractivity contribution >= 4 is 11.6 Å². The number of aryl methyl sites for hydroxylation is 1. The zero-order valence-electron chi connectivity index (χ0n) is 10.1. The molecule has 0 spiro atoms. The molecule has 0 bridgehead atoms. The molecule has 5 nitrogen and oxygen atoms in total. The number of nitrogens with one attached hydrogen (secondary N) is 1. The van der Waals surface area contributed by atoms with Gasteiger partial charge in [0.15, 0.2) is 5.50 Å². The molecular weight excluding hydrogens is 252 g/mol. The summed E-state index contributed by atoms with van der Waals surface area (Å²) in [6, 6.07) is 5.47. The Kier molecular flexibility index (Phi) is 3.62. The Morgan fingerprint density at radius 2 is 2.28 bits per heavy atom. The second-order valence-electron chi connectivity index (χ2n) is 3.82. The lowest BCUT2D eigenvalue weighted by Gasteiger charge is -2.11. The first-order valence-corrected chi connectivity index (χ1v) is 5.79. The third kappa shape index (κ3) is 2.36. The van der Waals surface area contributed by atoms with Gasteiger partial charge >= 0.3 is 0 Å². The third-order valence-electron chi connectivity index (χ3n) is 2.58. The number of hydrogen-bond acceptors (Lipinski definition) is 4. The van der Waals surface area contributed by atoms with Gasteiger partial charge in [-0.2, -0.15) is 5.11 Å². The van der Waals surface area contributed by atoms with Crippen LogP contribution in [0.3, 0.4) is 0 Å². The van der Waals surface area contributed by atoms with Crippen molar-refractivity contribution in [1.82, 2.24) is 9.55 Å². The Hall–Kier alpha value is -1.88. The number of hydrogen-bond donors (Lipinski definition) is 1. The number of benzene rings is 1. The zero-order valence-corrected chi connectivity index (χ0v) is 10.8. The molecule has 6 heteroatoms. The van der Waals surface area contributed by atoms with Gasteiger partial charge in [0.1, 0.15) is 5.75 Å².